The number of hydrogen-bond acceptors (Lipinski definition) is 6. The monoisotopic (exact) mass is 508 g/mol. The average molecular weight is 509 g/mol. The molecule has 0 N–H and O–H groups in total. The van der Waals surface area contributed by atoms with Crippen LogP contribution in [0.2, 0.25) is 5.02 Å². The Kier molecular flexibility index (Phi) is 6.08. The van der Waals surface area contributed by atoms with Gasteiger partial charge in [0, 0.05) is 85.6 Å². The predicted molar refractivity (Wildman–Crippen MR) is 144 cm³/mol. The molecule has 8 nitrogen and oxygen atoms in total. The SMILES string of the molecule is Cn1cc(-c2cc(-c3ccc(N4CCN(Cc5ccc(Cl)cc5)CC4)nc3)c3c(C#N)cnn3c2)cn1. The quantitative estimate of drug-likeness (QED) is 0.344. The lowest BCUT2D eigenvalue weighted by Crippen LogP contribution is -2.46. The van der Waals surface area contributed by atoms with Crippen molar-refractivity contribution in [3.8, 4) is 28.3 Å². The molecule has 0 radical (unpaired) electrons. The van der Waals surface area contributed by atoms with Gasteiger partial charge in [-0.25, -0.2) is 9.50 Å². The molecular formula is C28H25ClN8. The topological polar surface area (TPSA) is 78.3 Å². The van der Waals surface area contributed by atoms with E-state index in [4.69, 9.17) is 16.6 Å². The molecule has 0 bridgehead atoms. The standard InChI is InChI=1S/C28H25ClN8/c1-34-18-24(16-32-34)22-12-26(28-23(13-30)15-33-37(28)19-22)21-4-7-27(31-14-21)36-10-8-35(9-11-36)17-20-2-5-25(29)6-3-20/h2-7,12,14-16,18-19H,8-11,17H2,1H3. The van der Waals surface area contributed by atoms with Gasteiger partial charge in [0.1, 0.15) is 11.9 Å². The lowest BCUT2D eigenvalue weighted by Gasteiger charge is -2.35. The van der Waals surface area contributed by atoms with E-state index in [0.29, 0.717) is 5.56 Å². The number of anilines is 1. The van der Waals surface area contributed by atoms with E-state index in [0.717, 1.165) is 71.3 Å². The number of halogens is 1. The number of rotatable bonds is 5. The van der Waals surface area contributed by atoms with Crippen LogP contribution < -0.4 is 4.90 Å². The Morgan fingerprint density at radius 2 is 1.70 bits per heavy atom. The van der Waals surface area contributed by atoms with Crippen molar-refractivity contribution in [3.05, 3.63) is 89.6 Å². The van der Waals surface area contributed by atoms with Crippen molar-refractivity contribution in [2.45, 2.75) is 6.54 Å². The minimum Gasteiger partial charge on any atom is -0.354 e. The normalized spacial score (nSPS) is 14.2. The fraction of sp³-hybridized carbons (Fsp3) is 0.214. The molecule has 1 aromatic carbocycles. The zero-order chi connectivity index (χ0) is 25.4. The van der Waals surface area contributed by atoms with Gasteiger partial charge in [0.15, 0.2) is 0 Å². The number of pyridine rings is 2. The van der Waals surface area contributed by atoms with E-state index in [2.05, 4.69) is 56.4 Å². The maximum absolute atomic E-state index is 9.68. The summed E-state index contributed by atoms with van der Waals surface area (Å²) in [5.74, 6) is 0.961. The van der Waals surface area contributed by atoms with Crippen LogP contribution in [-0.4, -0.2) is 55.5 Å². The van der Waals surface area contributed by atoms with E-state index in [-0.39, 0.29) is 0 Å². The fourth-order valence-electron chi connectivity index (χ4n) is 4.87. The molecular weight excluding hydrogens is 484 g/mol. The molecule has 5 heterocycles. The van der Waals surface area contributed by atoms with Crippen LogP contribution >= 0.6 is 11.6 Å². The molecule has 184 valence electrons. The molecule has 9 heteroatoms. The molecule has 0 unspecified atom stereocenters. The molecule has 1 fully saturated rings. The highest BCUT2D eigenvalue weighted by molar-refractivity contribution is 6.30. The van der Waals surface area contributed by atoms with Crippen molar-refractivity contribution in [1.29, 1.82) is 5.26 Å². The largest absolute Gasteiger partial charge is 0.354 e. The van der Waals surface area contributed by atoms with Crippen LogP contribution in [0, 0.1) is 11.3 Å². The van der Waals surface area contributed by atoms with Crippen molar-refractivity contribution in [1.82, 2.24) is 29.3 Å². The van der Waals surface area contributed by atoms with Gasteiger partial charge >= 0.3 is 0 Å². The molecule has 5 aromatic rings. The van der Waals surface area contributed by atoms with Crippen molar-refractivity contribution in [2.24, 2.45) is 7.05 Å². The van der Waals surface area contributed by atoms with Gasteiger partial charge in [0.2, 0.25) is 0 Å². The third kappa shape index (κ3) is 4.67. The van der Waals surface area contributed by atoms with Gasteiger partial charge in [-0.1, -0.05) is 23.7 Å². The summed E-state index contributed by atoms with van der Waals surface area (Å²) >= 11 is 6.02. The molecule has 0 aliphatic carbocycles. The number of nitriles is 1. The number of hydrogen-bond donors (Lipinski definition) is 0. The Hall–Kier alpha value is -4.19. The molecule has 0 atom stereocenters. The zero-order valence-corrected chi connectivity index (χ0v) is 21.2. The third-order valence-corrected chi connectivity index (χ3v) is 7.10. The number of piperazine rings is 1. The second-order valence-electron chi connectivity index (χ2n) is 9.30. The van der Waals surface area contributed by atoms with Crippen molar-refractivity contribution < 1.29 is 0 Å². The van der Waals surface area contributed by atoms with Gasteiger partial charge in [-0.05, 0) is 35.9 Å². The van der Waals surface area contributed by atoms with Gasteiger partial charge in [0.05, 0.1) is 23.5 Å². The fourth-order valence-corrected chi connectivity index (χ4v) is 4.99. The molecule has 1 aliphatic rings. The van der Waals surface area contributed by atoms with Crippen molar-refractivity contribution in [2.75, 3.05) is 31.1 Å². The molecule has 37 heavy (non-hydrogen) atoms. The summed E-state index contributed by atoms with van der Waals surface area (Å²) in [7, 11) is 1.89. The molecule has 0 spiro atoms. The number of fused-ring (bicyclic) bond motifs is 1. The first-order chi connectivity index (χ1) is 18.1. The maximum atomic E-state index is 9.68. The van der Waals surface area contributed by atoms with E-state index >= 15 is 0 Å². The molecule has 0 saturated carbocycles. The van der Waals surface area contributed by atoms with Crippen LogP contribution in [0.1, 0.15) is 11.1 Å². The number of benzene rings is 1. The highest BCUT2D eigenvalue weighted by atomic mass is 35.5. The summed E-state index contributed by atoms with van der Waals surface area (Å²) in [6.07, 6.45) is 9.23. The van der Waals surface area contributed by atoms with Crippen LogP contribution in [0.15, 0.2) is 73.4 Å². The Bertz CT molecular complexity index is 1590. The summed E-state index contributed by atoms with van der Waals surface area (Å²) in [6, 6.07) is 16.6. The first-order valence-corrected chi connectivity index (χ1v) is 12.5. The van der Waals surface area contributed by atoms with E-state index in [1.54, 1.807) is 15.4 Å². The first-order valence-electron chi connectivity index (χ1n) is 12.2. The second kappa shape index (κ2) is 9.69. The van der Waals surface area contributed by atoms with Crippen LogP contribution in [0.3, 0.4) is 0 Å². The number of nitrogens with zero attached hydrogens (tertiary/aromatic N) is 8. The molecule has 1 aliphatic heterocycles. The minimum atomic E-state index is 0.536. The average Bonchev–Trinajstić information content (AvgIpc) is 3.56. The van der Waals surface area contributed by atoms with Crippen LogP contribution in [0.5, 0.6) is 0 Å². The zero-order valence-electron chi connectivity index (χ0n) is 20.4. The van der Waals surface area contributed by atoms with Crippen molar-refractivity contribution >= 4 is 22.9 Å². The smallest absolute Gasteiger partial charge is 0.128 e. The molecule has 4 aromatic heterocycles. The Labute approximate surface area is 220 Å². The lowest BCUT2D eigenvalue weighted by molar-refractivity contribution is 0.249. The minimum absolute atomic E-state index is 0.536. The van der Waals surface area contributed by atoms with E-state index < -0.39 is 0 Å². The summed E-state index contributed by atoms with van der Waals surface area (Å²) < 4.78 is 3.54. The number of aromatic nitrogens is 5. The van der Waals surface area contributed by atoms with Gasteiger partial charge in [-0.3, -0.25) is 9.58 Å². The predicted octanol–water partition coefficient (Wildman–Crippen LogP) is 4.64. The van der Waals surface area contributed by atoms with Crippen LogP contribution in [-0.2, 0) is 13.6 Å². The first kappa shape index (κ1) is 23.2. The van der Waals surface area contributed by atoms with Crippen LogP contribution in [0.4, 0.5) is 5.82 Å². The lowest BCUT2D eigenvalue weighted by atomic mass is 10.0. The molecule has 0 amide bonds. The highest BCUT2D eigenvalue weighted by Crippen LogP contribution is 2.32. The van der Waals surface area contributed by atoms with Gasteiger partial charge < -0.3 is 4.90 Å². The van der Waals surface area contributed by atoms with E-state index in [9.17, 15) is 5.26 Å². The highest BCUT2D eigenvalue weighted by Gasteiger charge is 2.19. The summed E-state index contributed by atoms with van der Waals surface area (Å²) in [5, 5.41) is 19.2. The van der Waals surface area contributed by atoms with Gasteiger partial charge in [0.25, 0.3) is 0 Å². The van der Waals surface area contributed by atoms with Gasteiger partial charge in [-0.15, -0.1) is 0 Å². The molecule has 6 rings (SSSR count). The maximum Gasteiger partial charge on any atom is 0.128 e. The Morgan fingerprint density at radius 3 is 2.38 bits per heavy atom. The summed E-state index contributed by atoms with van der Waals surface area (Å²) in [5.41, 5.74) is 6.41. The Morgan fingerprint density at radius 1 is 0.892 bits per heavy atom. The molecule has 1 saturated heterocycles. The van der Waals surface area contributed by atoms with Crippen molar-refractivity contribution in [3.63, 3.8) is 0 Å². The van der Waals surface area contributed by atoms with Gasteiger partial charge in [-0.2, -0.15) is 15.5 Å². The van der Waals surface area contributed by atoms with E-state index in [1.807, 2.05) is 44.0 Å². The van der Waals surface area contributed by atoms with Crippen LogP contribution in [0.25, 0.3) is 27.8 Å². The third-order valence-electron chi connectivity index (χ3n) is 6.85. The second-order valence-corrected chi connectivity index (χ2v) is 9.74. The Balaban J connectivity index is 1.23. The summed E-state index contributed by atoms with van der Waals surface area (Å²) in [4.78, 5) is 9.59. The van der Waals surface area contributed by atoms with E-state index in [1.165, 1.54) is 5.56 Å². The number of aryl methyl sites for hydroxylation is 1. The summed E-state index contributed by atoms with van der Waals surface area (Å²) in [6.45, 7) is 4.71.